The molecule has 0 atom stereocenters. The van der Waals surface area contributed by atoms with E-state index in [0.717, 1.165) is 22.5 Å². The molecule has 3 heteroatoms. The van der Waals surface area contributed by atoms with Crippen LogP contribution in [0.5, 0.6) is 0 Å². The molecule has 0 unspecified atom stereocenters. The van der Waals surface area contributed by atoms with Crippen LogP contribution in [-0.4, -0.2) is 0 Å². The number of halogens is 1. The van der Waals surface area contributed by atoms with E-state index in [4.69, 9.17) is 16.9 Å². The molecular weight excluding hydrogens is 244 g/mol. The number of nitrogens with zero attached hydrogens (tertiary/aromatic N) is 1. The number of aryl methyl sites for hydroxylation is 2. The van der Waals surface area contributed by atoms with Crippen molar-refractivity contribution in [3.63, 3.8) is 0 Å². The predicted molar refractivity (Wildman–Crippen MR) is 75.4 cm³/mol. The third-order valence-electron chi connectivity index (χ3n) is 2.84. The van der Waals surface area contributed by atoms with Gasteiger partial charge in [-0.05, 0) is 49.2 Å². The predicted octanol–water partition coefficient (Wildman–Crippen LogP) is 4.57. The summed E-state index contributed by atoms with van der Waals surface area (Å²) in [6, 6.07) is 13.6. The van der Waals surface area contributed by atoms with Gasteiger partial charge in [0, 0.05) is 5.69 Å². The summed E-state index contributed by atoms with van der Waals surface area (Å²) in [7, 11) is 0. The monoisotopic (exact) mass is 256 g/mol. The molecule has 0 heterocycles. The number of hydrogen-bond acceptors (Lipinski definition) is 2. The topological polar surface area (TPSA) is 35.8 Å². The second-order valence-electron chi connectivity index (χ2n) is 4.20. The number of anilines is 2. The summed E-state index contributed by atoms with van der Waals surface area (Å²) in [5.41, 5.74) is 4.57. The van der Waals surface area contributed by atoms with Crippen LogP contribution in [0.1, 0.15) is 16.7 Å². The molecule has 0 saturated carbocycles. The number of hydrogen-bond donors (Lipinski definition) is 1. The zero-order valence-electron chi connectivity index (χ0n) is 10.3. The van der Waals surface area contributed by atoms with Crippen LogP contribution in [-0.2, 0) is 0 Å². The number of nitrogens with one attached hydrogen (secondary N) is 1. The van der Waals surface area contributed by atoms with Gasteiger partial charge in [0.25, 0.3) is 0 Å². The van der Waals surface area contributed by atoms with Crippen LogP contribution in [0.3, 0.4) is 0 Å². The maximum Gasteiger partial charge on any atom is 0.0994 e. The minimum atomic E-state index is 0.691. The summed E-state index contributed by atoms with van der Waals surface area (Å²) in [5, 5.41) is 12.9. The molecule has 0 aromatic heterocycles. The van der Waals surface area contributed by atoms with Crippen LogP contribution >= 0.6 is 11.6 Å². The molecule has 0 aliphatic carbocycles. The fourth-order valence-corrected chi connectivity index (χ4v) is 2.07. The Hall–Kier alpha value is -1.98. The summed E-state index contributed by atoms with van der Waals surface area (Å²) in [4.78, 5) is 0. The van der Waals surface area contributed by atoms with E-state index in [0.29, 0.717) is 10.6 Å². The average Bonchev–Trinajstić information content (AvgIpc) is 2.34. The summed E-state index contributed by atoms with van der Waals surface area (Å²) in [6.07, 6.45) is 0. The van der Waals surface area contributed by atoms with Gasteiger partial charge in [-0.15, -0.1) is 0 Å². The van der Waals surface area contributed by atoms with Gasteiger partial charge in [-0.3, -0.25) is 0 Å². The molecule has 2 aromatic rings. The molecule has 1 N–H and O–H groups in total. The molecule has 2 nitrogen and oxygen atoms in total. The Labute approximate surface area is 112 Å². The SMILES string of the molecule is Cc1cc(Nc2c(C)cccc2Cl)ccc1C#N. The van der Waals surface area contributed by atoms with Gasteiger partial charge in [0.2, 0.25) is 0 Å². The van der Waals surface area contributed by atoms with Crippen LogP contribution < -0.4 is 5.32 Å². The Kier molecular flexibility index (Phi) is 3.55. The number of benzene rings is 2. The van der Waals surface area contributed by atoms with Gasteiger partial charge < -0.3 is 5.32 Å². The zero-order chi connectivity index (χ0) is 13.1. The number of rotatable bonds is 2. The molecule has 0 saturated heterocycles. The Bertz CT molecular complexity index is 607. The summed E-state index contributed by atoms with van der Waals surface area (Å²) < 4.78 is 0. The van der Waals surface area contributed by atoms with Gasteiger partial charge in [0.15, 0.2) is 0 Å². The van der Waals surface area contributed by atoms with Gasteiger partial charge in [-0.1, -0.05) is 23.7 Å². The van der Waals surface area contributed by atoms with Crippen LogP contribution in [0.25, 0.3) is 0 Å². The van der Waals surface area contributed by atoms with E-state index in [2.05, 4.69) is 11.4 Å². The summed E-state index contributed by atoms with van der Waals surface area (Å²) in [6.45, 7) is 3.92. The standard InChI is InChI=1S/C15H13ClN2/c1-10-4-3-5-14(16)15(10)18-13-7-6-12(9-17)11(2)8-13/h3-8,18H,1-2H3. The molecule has 0 aliphatic heterocycles. The molecule has 90 valence electrons. The van der Waals surface area contributed by atoms with Crippen molar-refractivity contribution in [3.05, 3.63) is 58.1 Å². The lowest BCUT2D eigenvalue weighted by Crippen LogP contribution is -1.95. The van der Waals surface area contributed by atoms with Crippen molar-refractivity contribution in [1.82, 2.24) is 0 Å². The minimum absolute atomic E-state index is 0.691. The molecule has 0 fully saturated rings. The first-order valence-electron chi connectivity index (χ1n) is 5.64. The lowest BCUT2D eigenvalue weighted by molar-refractivity contribution is 1.37. The van der Waals surface area contributed by atoms with Crippen LogP contribution in [0, 0.1) is 25.2 Å². The van der Waals surface area contributed by atoms with Crippen molar-refractivity contribution in [2.75, 3.05) is 5.32 Å². The van der Waals surface area contributed by atoms with Gasteiger partial charge in [0.05, 0.1) is 22.3 Å². The average molecular weight is 257 g/mol. The molecule has 2 aromatic carbocycles. The summed E-state index contributed by atoms with van der Waals surface area (Å²) in [5.74, 6) is 0. The first-order valence-corrected chi connectivity index (χ1v) is 6.02. The highest BCUT2D eigenvalue weighted by atomic mass is 35.5. The lowest BCUT2D eigenvalue weighted by atomic mass is 10.1. The fraction of sp³-hybridized carbons (Fsp3) is 0.133. The van der Waals surface area contributed by atoms with Crippen LogP contribution in [0.4, 0.5) is 11.4 Å². The Morgan fingerprint density at radius 2 is 1.89 bits per heavy atom. The fourth-order valence-electron chi connectivity index (χ4n) is 1.80. The molecule has 0 amide bonds. The van der Waals surface area contributed by atoms with E-state index < -0.39 is 0 Å². The quantitative estimate of drug-likeness (QED) is 0.854. The first kappa shape index (κ1) is 12.5. The Balaban J connectivity index is 2.35. The largest absolute Gasteiger partial charge is 0.354 e. The summed E-state index contributed by atoms with van der Waals surface area (Å²) >= 11 is 6.16. The van der Waals surface area contributed by atoms with Crippen molar-refractivity contribution in [2.24, 2.45) is 0 Å². The number of nitriles is 1. The maximum atomic E-state index is 8.90. The minimum Gasteiger partial charge on any atom is -0.354 e. The molecule has 0 spiro atoms. The lowest BCUT2D eigenvalue weighted by Gasteiger charge is -2.12. The molecule has 0 aliphatic rings. The first-order chi connectivity index (χ1) is 8.61. The molecule has 18 heavy (non-hydrogen) atoms. The van der Waals surface area contributed by atoms with Crippen molar-refractivity contribution >= 4 is 23.0 Å². The third-order valence-corrected chi connectivity index (χ3v) is 3.15. The van der Waals surface area contributed by atoms with E-state index in [1.165, 1.54) is 0 Å². The van der Waals surface area contributed by atoms with Crippen molar-refractivity contribution < 1.29 is 0 Å². The maximum absolute atomic E-state index is 8.90. The number of para-hydroxylation sites is 1. The van der Waals surface area contributed by atoms with Gasteiger partial charge >= 0.3 is 0 Å². The van der Waals surface area contributed by atoms with E-state index in [9.17, 15) is 0 Å². The molecule has 2 rings (SSSR count). The van der Waals surface area contributed by atoms with Crippen LogP contribution in [0.15, 0.2) is 36.4 Å². The van der Waals surface area contributed by atoms with Crippen molar-refractivity contribution in [1.29, 1.82) is 5.26 Å². The zero-order valence-corrected chi connectivity index (χ0v) is 11.0. The normalized spacial score (nSPS) is 9.89. The Morgan fingerprint density at radius 3 is 2.50 bits per heavy atom. The highest BCUT2D eigenvalue weighted by Crippen LogP contribution is 2.29. The second-order valence-corrected chi connectivity index (χ2v) is 4.61. The second kappa shape index (κ2) is 5.12. The molecule has 0 bridgehead atoms. The highest BCUT2D eigenvalue weighted by Gasteiger charge is 2.05. The van der Waals surface area contributed by atoms with E-state index in [-0.39, 0.29) is 0 Å². The van der Waals surface area contributed by atoms with E-state index >= 15 is 0 Å². The van der Waals surface area contributed by atoms with E-state index in [1.54, 1.807) is 0 Å². The van der Waals surface area contributed by atoms with Crippen molar-refractivity contribution in [3.8, 4) is 6.07 Å². The van der Waals surface area contributed by atoms with Gasteiger partial charge in [-0.25, -0.2) is 0 Å². The molecule has 0 radical (unpaired) electrons. The highest BCUT2D eigenvalue weighted by molar-refractivity contribution is 6.33. The van der Waals surface area contributed by atoms with Gasteiger partial charge in [0.1, 0.15) is 0 Å². The van der Waals surface area contributed by atoms with E-state index in [1.807, 2.05) is 50.2 Å². The third kappa shape index (κ3) is 2.47. The van der Waals surface area contributed by atoms with Gasteiger partial charge in [-0.2, -0.15) is 5.26 Å². The molecular formula is C15H13ClN2. The van der Waals surface area contributed by atoms with Crippen LogP contribution in [0.2, 0.25) is 5.02 Å². The van der Waals surface area contributed by atoms with Crippen molar-refractivity contribution in [2.45, 2.75) is 13.8 Å². The Morgan fingerprint density at radius 1 is 1.11 bits per heavy atom. The smallest absolute Gasteiger partial charge is 0.0994 e.